The van der Waals surface area contributed by atoms with Crippen LogP contribution in [0.25, 0.3) is 0 Å². The maximum Gasteiger partial charge on any atom is 0.119 e. The molecule has 1 saturated heterocycles. The highest BCUT2D eigenvalue weighted by atomic mass is 16.5. The van der Waals surface area contributed by atoms with Crippen molar-refractivity contribution in [3.05, 3.63) is 60.2 Å². The van der Waals surface area contributed by atoms with Gasteiger partial charge in [0, 0.05) is 18.3 Å². The predicted molar refractivity (Wildman–Crippen MR) is 85.7 cm³/mol. The lowest BCUT2D eigenvalue weighted by molar-refractivity contribution is 0.306. The van der Waals surface area contributed by atoms with Crippen LogP contribution < -0.4 is 9.64 Å². The first-order chi connectivity index (χ1) is 10.4. The van der Waals surface area contributed by atoms with Crippen molar-refractivity contribution in [3.8, 4) is 5.75 Å². The second-order valence-electron chi connectivity index (χ2n) is 6.25. The third kappa shape index (κ3) is 2.63. The Kier molecular flexibility index (Phi) is 3.30. The molecule has 4 rings (SSSR count). The first-order valence-electron chi connectivity index (χ1n) is 7.92. The summed E-state index contributed by atoms with van der Waals surface area (Å²) in [7, 11) is 0. The van der Waals surface area contributed by atoms with Gasteiger partial charge in [0.15, 0.2) is 0 Å². The van der Waals surface area contributed by atoms with E-state index in [9.17, 15) is 0 Å². The molecule has 0 N–H and O–H groups in total. The normalized spacial score (nSPS) is 23.5. The molecule has 1 saturated carbocycles. The van der Waals surface area contributed by atoms with E-state index in [1.165, 1.54) is 37.1 Å². The van der Waals surface area contributed by atoms with Crippen molar-refractivity contribution in [2.75, 3.05) is 11.4 Å². The Morgan fingerprint density at radius 3 is 2.43 bits per heavy atom. The minimum absolute atomic E-state index is 0.634. The largest absolute Gasteiger partial charge is 0.489 e. The summed E-state index contributed by atoms with van der Waals surface area (Å²) in [6, 6.07) is 19.7. The number of hydrogen-bond acceptors (Lipinski definition) is 2. The number of rotatable bonds is 4. The van der Waals surface area contributed by atoms with Crippen LogP contribution in [0.3, 0.4) is 0 Å². The molecule has 2 atom stereocenters. The second kappa shape index (κ2) is 5.44. The Labute approximate surface area is 126 Å². The van der Waals surface area contributed by atoms with Crippen LogP contribution in [0.15, 0.2) is 54.6 Å². The molecular formula is C19H21NO. The van der Waals surface area contributed by atoms with Crippen LogP contribution in [-0.4, -0.2) is 12.6 Å². The minimum atomic E-state index is 0.634. The minimum Gasteiger partial charge on any atom is -0.489 e. The zero-order valence-corrected chi connectivity index (χ0v) is 12.2. The Balaban J connectivity index is 1.40. The van der Waals surface area contributed by atoms with Gasteiger partial charge >= 0.3 is 0 Å². The smallest absolute Gasteiger partial charge is 0.119 e. The van der Waals surface area contributed by atoms with Crippen molar-refractivity contribution in [1.29, 1.82) is 0 Å². The Hall–Kier alpha value is -1.96. The average Bonchev–Trinajstić information content (AvgIpc) is 3.17. The van der Waals surface area contributed by atoms with Crippen LogP contribution in [0.2, 0.25) is 0 Å². The highest BCUT2D eigenvalue weighted by Gasteiger charge is 2.37. The molecule has 0 aromatic heterocycles. The summed E-state index contributed by atoms with van der Waals surface area (Å²) in [5.74, 6) is 1.89. The number of benzene rings is 2. The van der Waals surface area contributed by atoms with Gasteiger partial charge in [-0.1, -0.05) is 30.3 Å². The first kappa shape index (κ1) is 12.8. The van der Waals surface area contributed by atoms with E-state index in [1.807, 2.05) is 18.2 Å². The molecule has 21 heavy (non-hydrogen) atoms. The maximum atomic E-state index is 5.85. The van der Waals surface area contributed by atoms with Crippen molar-refractivity contribution in [2.45, 2.75) is 31.9 Å². The molecular weight excluding hydrogens is 258 g/mol. The molecule has 108 valence electrons. The summed E-state index contributed by atoms with van der Waals surface area (Å²) in [6.45, 7) is 1.88. The zero-order chi connectivity index (χ0) is 14.1. The third-order valence-corrected chi connectivity index (χ3v) is 4.83. The molecule has 2 aromatic carbocycles. The van der Waals surface area contributed by atoms with Gasteiger partial charge < -0.3 is 9.64 Å². The van der Waals surface area contributed by atoms with Gasteiger partial charge in [-0.2, -0.15) is 0 Å². The second-order valence-corrected chi connectivity index (χ2v) is 6.25. The van der Waals surface area contributed by atoms with Crippen LogP contribution >= 0.6 is 0 Å². The lowest BCUT2D eigenvalue weighted by Crippen LogP contribution is -2.31. The molecule has 1 aliphatic carbocycles. The molecule has 0 radical (unpaired) electrons. The quantitative estimate of drug-likeness (QED) is 0.829. The van der Waals surface area contributed by atoms with Gasteiger partial charge in [-0.15, -0.1) is 0 Å². The van der Waals surface area contributed by atoms with Crippen LogP contribution in [0.1, 0.15) is 24.8 Å². The van der Waals surface area contributed by atoms with E-state index in [4.69, 9.17) is 4.74 Å². The van der Waals surface area contributed by atoms with Crippen LogP contribution in [-0.2, 0) is 6.61 Å². The fourth-order valence-corrected chi connectivity index (χ4v) is 3.72. The summed E-state index contributed by atoms with van der Waals surface area (Å²) in [4.78, 5) is 2.58. The van der Waals surface area contributed by atoms with Gasteiger partial charge in [-0.25, -0.2) is 0 Å². The topological polar surface area (TPSA) is 12.5 Å². The number of anilines is 1. The van der Waals surface area contributed by atoms with Crippen LogP contribution in [0.5, 0.6) is 5.75 Å². The number of ether oxygens (including phenoxy) is 1. The third-order valence-electron chi connectivity index (χ3n) is 4.83. The van der Waals surface area contributed by atoms with Crippen molar-refractivity contribution in [3.63, 3.8) is 0 Å². The molecule has 0 amide bonds. The predicted octanol–water partition coefficient (Wildman–Crippen LogP) is 4.25. The van der Waals surface area contributed by atoms with E-state index in [1.54, 1.807) is 0 Å². The van der Waals surface area contributed by atoms with Crippen LogP contribution in [0.4, 0.5) is 5.69 Å². The fourth-order valence-electron chi connectivity index (χ4n) is 3.72. The number of nitrogens with zero attached hydrogens (tertiary/aromatic N) is 1. The monoisotopic (exact) mass is 279 g/mol. The number of hydrogen-bond donors (Lipinski definition) is 0. The molecule has 1 aliphatic heterocycles. The Morgan fingerprint density at radius 1 is 0.952 bits per heavy atom. The standard InChI is InChI=1S/C19H21NO/c1-2-4-15(5-3-1)14-21-19-10-8-17(9-11-19)20-13-16-6-7-18(20)12-16/h1-5,8-11,16,18H,6-7,12-14H2/t16-,18+/m0/s1. The van der Waals surface area contributed by atoms with Gasteiger partial charge in [0.25, 0.3) is 0 Å². The van der Waals surface area contributed by atoms with Gasteiger partial charge in [-0.05, 0) is 55.0 Å². The molecule has 2 aromatic rings. The average molecular weight is 279 g/mol. The van der Waals surface area contributed by atoms with Crippen molar-refractivity contribution >= 4 is 5.69 Å². The van der Waals surface area contributed by atoms with E-state index in [2.05, 4.69) is 41.3 Å². The summed E-state index contributed by atoms with van der Waals surface area (Å²) in [5.41, 5.74) is 2.56. The van der Waals surface area contributed by atoms with Crippen molar-refractivity contribution in [1.82, 2.24) is 0 Å². The SMILES string of the molecule is c1ccc(COc2ccc(N3C[C@H]4CC[C@@H]3C4)cc2)cc1. The number of piperidine rings is 1. The molecule has 0 spiro atoms. The van der Waals surface area contributed by atoms with E-state index in [-0.39, 0.29) is 0 Å². The van der Waals surface area contributed by atoms with E-state index in [0.717, 1.165) is 17.7 Å². The van der Waals surface area contributed by atoms with Gasteiger partial charge in [0.1, 0.15) is 12.4 Å². The van der Waals surface area contributed by atoms with E-state index in [0.29, 0.717) is 6.61 Å². The Morgan fingerprint density at radius 2 is 1.76 bits per heavy atom. The molecule has 2 nitrogen and oxygen atoms in total. The summed E-state index contributed by atoms with van der Waals surface area (Å²) < 4.78 is 5.85. The summed E-state index contributed by atoms with van der Waals surface area (Å²) in [5, 5.41) is 0. The number of fused-ring (bicyclic) bond motifs is 2. The van der Waals surface area contributed by atoms with Crippen molar-refractivity contribution in [2.24, 2.45) is 5.92 Å². The van der Waals surface area contributed by atoms with E-state index >= 15 is 0 Å². The fraction of sp³-hybridized carbons (Fsp3) is 0.368. The van der Waals surface area contributed by atoms with Gasteiger partial charge in [-0.3, -0.25) is 0 Å². The molecule has 1 heterocycles. The molecule has 0 unspecified atom stereocenters. The highest BCUT2D eigenvalue weighted by molar-refractivity contribution is 5.51. The van der Waals surface area contributed by atoms with Crippen LogP contribution in [0, 0.1) is 5.92 Å². The zero-order valence-electron chi connectivity index (χ0n) is 12.2. The summed E-state index contributed by atoms with van der Waals surface area (Å²) in [6.07, 6.45) is 4.20. The van der Waals surface area contributed by atoms with Crippen molar-refractivity contribution < 1.29 is 4.74 Å². The first-order valence-corrected chi connectivity index (χ1v) is 7.92. The molecule has 2 aliphatic rings. The lowest BCUT2D eigenvalue weighted by Gasteiger charge is -2.29. The maximum absolute atomic E-state index is 5.85. The summed E-state index contributed by atoms with van der Waals surface area (Å²) >= 11 is 0. The Bertz CT molecular complexity index is 593. The van der Waals surface area contributed by atoms with E-state index < -0.39 is 0 Å². The lowest BCUT2D eigenvalue weighted by atomic mass is 10.1. The van der Waals surface area contributed by atoms with Gasteiger partial charge in [0.2, 0.25) is 0 Å². The highest BCUT2D eigenvalue weighted by Crippen LogP contribution is 2.40. The molecule has 2 bridgehead atoms. The van der Waals surface area contributed by atoms with Gasteiger partial charge in [0.05, 0.1) is 0 Å². The molecule has 2 fully saturated rings. The molecule has 2 heteroatoms.